The van der Waals surface area contributed by atoms with E-state index in [1.165, 1.54) is 24.5 Å². The molecule has 0 unspecified atom stereocenters. The van der Waals surface area contributed by atoms with Gasteiger partial charge in [-0.25, -0.2) is 8.42 Å². The largest absolute Gasteiger partial charge is 0.297 e. The first kappa shape index (κ1) is 17.1. The van der Waals surface area contributed by atoms with Crippen LogP contribution in [0.1, 0.15) is 20.8 Å². The molecule has 0 bridgehead atoms. The number of rotatable bonds is 5. The number of benzene rings is 1. The molecule has 0 radical (unpaired) electrons. The highest BCUT2D eigenvalue weighted by Gasteiger charge is 2.31. The Bertz CT molecular complexity index is 766. The number of carbonyl (C=O) groups excluding carboxylic acids is 1. The van der Waals surface area contributed by atoms with Gasteiger partial charge in [0.1, 0.15) is 0 Å². The number of nitrogens with zero attached hydrogens (tertiary/aromatic N) is 2. The van der Waals surface area contributed by atoms with Crippen molar-refractivity contribution in [2.24, 2.45) is 5.41 Å². The Kier molecular flexibility index (Phi) is 4.85. The Labute approximate surface area is 137 Å². The lowest BCUT2D eigenvalue weighted by atomic mass is 9.91. The van der Waals surface area contributed by atoms with Crippen LogP contribution in [-0.2, 0) is 14.8 Å². The van der Waals surface area contributed by atoms with Crippen molar-refractivity contribution in [3.8, 4) is 0 Å². The van der Waals surface area contributed by atoms with Crippen LogP contribution in [0.25, 0.3) is 0 Å². The molecule has 2 rings (SSSR count). The molecule has 0 saturated carbocycles. The minimum atomic E-state index is -3.82. The number of ketones is 1. The normalized spacial score (nSPS) is 12.0. The second-order valence-electron chi connectivity index (χ2n) is 6.20. The summed E-state index contributed by atoms with van der Waals surface area (Å²) in [6.45, 7) is 5.10. The minimum Gasteiger partial charge on any atom is -0.297 e. The van der Waals surface area contributed by atoms with Crippen molar-refractivity contribution in [1.29, 1.82) is 0 Å². The molecular weight excluding hydrogens is 312 g/mol. The molecule has 122 valence electrons. The standard InChI is InChI=1S/C17H20N2O3S/c1-17(2,3)16(20)13-19(14-9-11-18-12-10-14)23(21,22)15-7-5-4-6-8-15/h4-12H,13H2,1-3H3. The molecule has 23 heavy (non-hydrogen) atoms. The van der Waals surface area contributed by atoms with Crippen molar-refractivity contribution in [3.63, 3.8) is 0 Å². The van der Waals surface area contributed by atoms with Crippen LogP contribution in [0.3, 0.4) is 0 Å². The summed E-state index contributed by atoms with van der Waals surface area (Å²) >= 11 is 0. The molecule has 1 heterocycles. The summed E-state index contributed by atoms with van der Waals surface area (Å²) in [5, 5.41) is 0. The van der Waals surface area contributed by atoms with Crippen LogP contribution >= 0.6 is 0 Å². The van der Waals surface area contributed by atoms with Gasteiger partial charge in [-0.1, -0.05) is 39.0 Å². The predicted molar refractivity (Wildman–Crippen MR) is 89.7 cm³/mol. The van der Waals surface area contributed by atoms with Gasteiger partial charge in [0.25, 0.3) is 10.0 Å². The maximum Gasteiger partial charge on any atom is 0.264 e. The molecule has 0 saturated heterocycles. The monoisotopic (exact) mass is 332 g/mol. The summed E-state index contributed by atoms with van der Waals surface area (Å²) in [5.41, 5.74) is -0.209. The predicted octanol–water partition coefficient (Wildman–Crippen LogP) is 2.89. The van der Waals surface area contributed by atoms with E-state index in [2.05, 4.69) is 4.98 Å². The van der Waals surface area contributed by atoms with Crippen LogP contribution in [-0.4, -0.2) is 25.7 Å². The van der Waals surface area contributed by atoms with Crippen molar-refractivity contribution < 1.29 is 13.2 Å². The molecule has 1 aromatic carbocycles. The van der Waals surface area contributed by atoms with E-state index in [0.29, 0.717) is 5.69 Å². The molecule has 0 atom stereocenters. The van der Waals surface area contributed by atoms with E-state index in [-0.39, 0.29) is 17.2 Å². The van der Waals surface area contributed by atoms with E-state index < -0.39 is 15.4 Å². The molecule has 0 fully saturated rings. The summed E-state index contributed by atoms with van der Waals surface area (Å²) in [6, 6.07) is 11.3. The molecule has 0 amide bonds. The van der Waals surface area contributed by atoms with Gasteiger partial charge in [-0.15, -0.1) is 0 Å². The molecule has 6 heteroatoms. The minimum absolute atomic E-state index is 0.151. The lowest BCUT2D eigenvalue weighted by Gasteiger charge is -2.27. The van der Waals surface area contributed by atoms with Crippen molar-refractivity contribution in [1.82, 2.24) is 4.98 Å². The van der Waals surface area contributed by atoms with Gasteiger partial charge in [0.2, 0.25) is 0 Å². The Balaban J connectivity index is 2.48. The van der Waals surface area contributed by atoms with Gasteiger partial charge in [0.05, 0.1) is 17.1 Å². The van der Waals surface area contributed by atoms with Crippen molar-refractivity contribution in [2.45, 2.75) is 25.7 Å². The highest BCUT2D eigenvalue weighted by atomic mass is 32.2. The van der Waals surface area contributed by atoms with Gasteiger partial charge in [0, 0.05) is 17.8 Å². The highest BCUT2D eigenvalue weighted by Crippen LogP contribution is 2.25. The molecule has 5 nitrogen and oxygen atoms in total. The second-order valence-corrected chi connectivity index (χ2v) is 8.07. The number of carbonyl (C=O) groups is 1. The molecular formula is C17H20N2O3S. The van der Waals surface area contributed by atoms with Crippen LogP contribution in [0.5, 0.6) is 0 Å². The lowest BCUT2D eigenvalue weighted by Crippen LogP contribution is -2.39. The number of sulfonamides is 1. The summed E-state index contributed by atoms with van der Waals surface area (Å²) in [7, 11) is -3.82. The fourth-order valence-corrected chi connectivity index (χ4v) is 3.35. The third-order valence-electron chi connectivity index (χ3n) is 3.41. The SMILES string of the molecule is CC(C)(C)C(=O)CN(c1ccncc1)S(=O)(=O)c1ccccc1. The van der Waals surface area contributed by atoms with Crippen LogP contribution in [0.4, 0.5) is 5.69 Å². The van der Waals surface area contributed by atoms with Gasteiger partial charge in [-0.3, -0.25) is 14.1 Å². The van der Waals surface area contributed by atoms with Crippen molar-refractivity contribution >= 4 is 21.5 Å². The number of aromatic nitrogens is 1. The van der Waals surface area contributed by atoms with Gasteiger partial charge < -0.3 is 0 Å². The molecule has 0 aliphatic heterocycles. The molecule has 1 aromatic heterocycles. The quantitative estimate of drug-likeness (QED) is 0.844. The first-order valence-corrected chi connectivity index (χ1v) is 8.68. The fraction of sp³-hybridized carbons (Fsp3) is 0.294. The summed E-state index contributed by atoms with van der Waals surface area (Å²) in [5.74, 6) is -0.159. The van der Waals surface area contributed by atoms with E-state index in [9.17, 15) is 13.2 Å². The van der Waals surface area contributed by atoms with Crippen molar-refractivity contribution in [2.75, 3.05) is 10.8 Å². The van der Waals surface area contributed by atoms with Crippen LogP contribution in [0.2, 0.25) is 0 Å². The summed E-state index contributed by atoms with van der Waals surface area (Å²) < 4.78 is 27.0. The Morgan fingerprint density at radius 2 is 1.61 bits per heavy atom. The average molecular weight is 332 g/mol. The van der Waals surface area contributed by atoms with Crippen LogP contribution < -0.4 is 4.31 Å². The topological polar surface area (TPSA) is 67.3 Å². The van der Waals surface area contributed by atoms with E-state index in [1.54, 1.807) is 51.1 Å². The van der Waals surface area contributed by atoms with Crippen LogP contribution in [0, 0.1) is 5.41 Å². The van der Waals surface area contributed by atoms with E-state index in [0.717, 1.165) is 4.31 Å². The number of pyridine rings is 1. The molecule has 2 aromatic rings. The maximum atomic E-state index is 12.9. The molecule has 0 aliphatic carbocycles. The van der Waals surface area contributed by atoms with Crippen LogP contribution in [0.15, 0.2) is 59.8 Å². The fourth-order valence-electron chi connectivity index (χ4n) is 1.91. The number of Topliss-reactive ketones (excluding diaryl/α,β-unsaturated/α-hetero) is 1. The van der Waals surface area contributed by atoms with Crippen molar-refractivity contribution in [3.05, 3.63) is 54.9 Å². The number of hydrogen-bond acceptors (Lipinski definition) is 4. The molecule has 0 spiro atoms. The zero-order chi connectivity index (χ0) is 17.1. The summed E-state index contributed by atoms with van der Waals surface area (Å²) in [6.07, 6.45) is 3.01. The summed E-state index contributed by atoms with van der Waals surface area (Å²) in [4.78, 5) is 16.5. The molecule has 0 aliphatic rings. The van der Waals surface area contributed by atoms with E-state index in [1.807, 2.05) is 0 Å². The molecule has 0 N–H and O–H groups in total. The average Bonchev–Trinajstić information content (AvgIpc) is 2.53. The zero-order valence-corrected chi connectivity index (χ0v) is 14.2. The first-order chi connectivity index (χ1) is 10.7. The zero-order valence-electron chi connectivity index (χ0n) is 13.4. The third kappa shape index (κ3) is 3.96. The lowest BCUT2D eigenvalue weighted by molar-refractivity contribution is -0.124. The van der Waals surface area contributed by atoms with Gasteiger partial charge in [-0.2, -0.15) is 0 Å². The first-order valence-electron chi connectivity index (χ1n) is 7.24. The van der Waals surface area contributed by atoms with Gasteiger partial charge in [-0.05, 0) is 24.3 Å². The Hall–Kier alpha value is -2.21. The Morgan fingerprint density at radius 3 is 2.13 bits per heavy atom. The van der Waals surface area contributed by atoms with Gasteiger partial charge in [0.15, 0.2) is 5.78 Å². The van der Waals surface area contributed by atoms with Gasteiger partial charge >= 0.3 is 0 Å². The maximum absolute atomic E-state index is 12.9. The van der Waals surface area contributed by atoms with E-state index in [4.69, 9.17) is 0 Å². The van der Waals surface area contributed by atoms with E-state index >= 15 is 0 Å². The second kappa shape index (κ2) is 6.50. The third-order valence-corrected chi connectivity index (χ3v) is 5.19. The number of anilines is 1. The Morgan fingerprint density at radius 1 is 1.04 bits per heavy atom. The number of hydrogen-bond donors (Lipinski definition) is 0. The smallest absolute Gasteiger partial charge is 0.264 e. The highest BCUT2D eigenvalue weighted by molar-refractivity contribution is 7.92.